The summed E-state index contributed by atoms with van der Waals surface area (Å²) < 4.78 is 9.99. The molecule has 2 N–H and O–H groups in total. The Morgan fingerprint density at radius 1 is 1.75 bits per heavy atom. The van der Waals surface area contributed by atoms with Gasteiger partial charge in [-0.1, -0.05) is 6.58 Å². The Bertz CT molecular complexity index is 144. The Hall–Kier alpha value is -0.580. The molecule has 1 saturated heterocycles. The molecule has 4 nitrogen and oxygen atoms in total. The van der Waals surface area contributed by atoms with E-state index >= 15 is 0 Å². The number of hydrogen-bond acceptors (Lipinski definition) is 4. The molecule has 0 bridgehead atoms. The number of aliphatic hydroxyl groups is 2. The molecular weight excluding hydrogens is 160 g/mol. The van der Waals surface area contributed by atoms with Gasteiger partial charge in [0.15, 0.2) is 0 Å². The van der Waals surface area contributed by atoms with Crippen LogP contribution in [0.3, 0.4) is 0 Å². The minimum Gasteiger partial charge on any atom is -0.496 e. The smallest absolute Gasteiger partial charge is 0.128 e. The number of rotatable bonds is 6. The van der Waals surface area contributed by atoms with Crippen LogP contribution in [0.25, 0.3) is 0 Å². The average molecular weight is 174 g/mol. The van der Waals surface area contributed by atoms with Gasteiger partial charge in [-0.25, -0.2) is 0 Å². The molecule has 1 rings (SSSR count). The molecule has 0 aromatic carbocycles. The predicted octanol–water partition coefficient (Wildman–Crippen LogP) is -0.343. The second-order valence-corrected chi connectivity index (χ2v) is 2.78. The van der Waals surface area contributed by atoms with Crippen molar-refractivity contribution in [2.75, 3.05) is 13.2 Å². The van der Waals surface area contributed by atoms with Crippen LogP contribution in [-0.2, 0) is 9.47 Å². The van der Waals surface area contributed by atoms with Crippen molar-refractivity contribution in [2.24, 2.45) is 0 Å². The molecule has 1 heterocycles. The molecule has 1 aliphatic rings. The zero-order valence-corrected chi connectivity index (χ0v) is 6.85. The van der Waals surface area contributed by atoms with Crippen LogP contribution >= 0.6 is 0 Å². The Labute approximate surface area is 71.4 Å². The summed E-state index contributed by atoms with van der Waals surface area (Å²) in [7, 11) is 0. The van der Waals surface area contributed by atoms with Crippen molar-refractivity contribution in [1.82, 2.24) is 0 Å². The first kappa shape index (κ1) is 9.51. The van der Waals surface area contributed by atoms with E-state index in [1.165, 1.54) is 6.26 Å². The van der Waals surface area contributed by atoms with Crippen LogP contribution in [0.5, 0.6) is 0 Å². The molecule has 0 saturated carbocycles. The van der Waals surface area contributed by atoms with Gasteiger partial charge in [0.05, 0.1) is 25.6 Å². The van der Waals surface area contributed by atoms with Crippen LogP contribution in [0, 0.1) is 0 Å². The fourth-order valence-corrected chi connectivity index (χ4v) is 1.01. The van der Waals surface area contributed by atoms with E-state index < -0.39 is 12.2 Å². The third-order valence-corrected chi connectivity index (χ3v) is 1.78. The molecule has 4 heteroatoms. The highest BCUT2D eigenvalue weighted by Gasteiger charge is 2.30. The van der Waals surface area contributed by atoms with Crippen LogP contribution in [-0.4, -0.2) is 41.7 Å². The third kappa shape index (κ3) is 2.81. The second kappa shape index (κ2) is 4.45. The van der Waals surface area contributed by atoms with Gasteiger partial charge >= 0.3 is 0 Å². The number of epoxide rings is 1. The van der Waals surface area contributed by atoms with Crippen molar-refractivity contribution in [3.63, 3.8) is 0 Å². The Morgan fingerprint density at radius 3 is 2.83 bits per heavy atom. The highest BCUT2D eigenvalue weighted by molar-refractivity contribution is 4.80. The fourth-order valence-electron chi connectivity index (χ4n) is 1.01. The van der Waals surface area contributed by atoms with Gasteiger partial charge in [-0.2, -0.15) is 0 Å². The summed E-state index contributed by atoms with van der Waals surface area (Å²) >= 11 is 0. The molecule has 1 fully saturated rings. The third-order valence-electron chi connectivity index (χ3n) is 1.78. The summed E-state index contributed by atoms with van der Waals surface area (Å²) in [5.74, 6) is 0. The van der Waals surface area contributed by atoms with E-state index in [0.717, 1.165) is 6.61 Å². The summed E-state index contributed by atoms with van der Waals surface area (Å²) in [6, 6.07) is 0. The molecule has 0 radical (unpaired) electrons. The lowest BCUT2D eigenvalue weighted by molar-refractivity contribution is -0.0276. The summed E-state index contributed by atoms with van der Waals surface area (Å²) in [6.07, 6.45) is 0.794. The van der Waals surface area contributed by atoms with E-state index in [-0.39, 0.29) is 12.7 Å². The second-order valence-electron chi connectivity index (χ2n) is 2.78. The maximum absolute atomic E-state index is 9.25. The van der Waals surface area contributed by atoms with E-state index in [0.29, 0.717) is 6.42 Å². The van der Waals surface area contributed by atoms with Gasteiger partial charge in [0.1, 0.15) is 12.2 Å². The van der Waals surface area contributed by atoms with Crippen molar-refractivity contribution in [1.29, 1.82) is 0 Å². The summed E-state index contributed by atoms with van der Waals surface area (Å²) in [5, 5.41) is 17.9. The molecule has 3 atom stereocenters. The maximum Gasteiger partial charge on any atom is 0.128 e. The molecule has 0 aromatic rings. The standard InChI is InChI=1S/C8H14O4/c1-2-11-8(7(10)4-9)3-6-5-12-6/h2,6-10H,1,3-5H2. The van der Waals surface area contributed by atoms with Gasteiger partial charge < -0.3 is 19.7 Å². The molecule has 70 valence electrons. The van der Waals surface area contributed by atoms with Gasteiger partial charge in [0.2, 0.25) is 0 Å². The SMILES string of the molecule is C=COC(CC1CO1)C(O)CO. The molecule has 3 unspecified atom stereocenters. The minimum atomic E-state index is -0.854. The van der Waals surface area contributed by atoms with Gasteiger partial charge in [-0.3, -0.25) is 0 Å². The van der Waals surface area contributed by atoms with Crippen molar-refractivity contribution in [3.8, 4) is 0 Å². The van der Waals surface area contributed by atoms with E-state index in [2.05, 4.69) is 6.58 Å². The zero-order chi connectivity index (χ0) is 8.97. The lowest BCUT2D eigenvalue weighted by Crippen LogP contribution is -2.32. The Morgan fingerprint density at radius 2 is 2.42 bits per heavy atom. The quantitative estimate of drug-likeness (QED) is 0.427. The van der Waals surface area contributed by atoms with Gasteiger partial charge in [0.25, 0.3) is 0 Å². The van der Waals surface area contributed by atoms with Gasteiger partial charge in [0, 0.05) is 6.42 Å². The number of hydrogen-bond donors (Lipinski definition) is 2. The normalized spacial score (nSPS) is 26.0. The van der Waals surface area contributed by atoms with Gasteiger partial charge in [-0.05, 0) is 0 Å². The summed E-state index contributed by atoms with van der Waals surface area (Å²) in [5.41, 5.74) is 0. The summed E-state index contributed by atoms with van der Waals surface area (Å²) in [4.78, 5) is 0. The maximum atomic E-state index is 9.25. The molecule has 0 spiro atoms. The van der Waals surface area contributed by atoms with Crippen LogP contribution in [0.4, 0.5) is 0 Å². The topological polar surface area (TPSA) is 62.2 Å². The number of ether oxygens (including phenoxy) is 2. The van der Waals surface area contributed by atoms with Crippen LogP contribution in [0.15, 0.2) is 12.8 Å². The first-order valence-electron chi connectivity index (χ1n) is 3.94. The highest BCUT2D eigenvalue weighted by atomic mass is 16.6. The highest BCUT2D eigenvalue weighted by Crippen LogP contribution is 2.19. The van der Waals surface area contributed by atoms with E-state index in [4.69, 9.17) is 14.6 Å². The van der Waals surface area contributed by atoms with E-state index in [1.807, 2.05) is 0 Å². The molecule has 12 heavy (non-hydrogen) atoms. The average Bonchev–Trinajstić information content (AvgIpc) is 2.86. The van der Waals surface area contributed by atoms with Crippen LogP contribution in [0.2, 0.25) is 0 Å². The first-order chi connectivity index (χ1) is 5.77. The molecule has 0 aromatic heterocycles. The predicted molar refractivity (Wildman–Crippen MR) is 42.5 cm³/mol. The van der Waals surface area contributed by atoms with E-state index in [1.54, 1.807) is 0 Å². The van der Waals surface area contributed by atoms with Crippen molar-refractivity contribution >= 4 is 0 Å². The van der Waals surface area contributed by atoms with E-state index in [9.17, 15) is 5.11 Å². The molecule has 1 aliphatic heterocycles. The monoisotopic (exact) mass is 174 g/mol. The number of aliphatic hydroxyl groups excluding tert-OH is 2. The lowest BCUT2D eigenvalue weighted by Gasteiger charge is -2.19. The fraction of sp³-hybridized carbons (Fsp3) is 0.750. The van der Waals surface area contributed by atoms with Crippen LogP contribution in [0.1, 0.15) is 6.42 Å². The molecule has 0 aliphatic carbocycles. The van der Waals surface area contributed by atoms with Crippen molar-refractivity contribution < 1.29 is 19.7 Å². The lowest BCUT2D eigenvalue weighted by atomic mass is 10.1. The molecular formula is C8H14O4. The van der Waals surface area contributed by atoms with Gasteiger partial charge in [-0.15, -0.1) is 0 Å². The summed E-state index contributed by atoms with van der Waals surface area (Å²) in [6.45, 7) is 3.81. The largest absolute Gasteiger partial charge is 0.496 e. The zero-order valence-electron chi connectivity index (χ0n) is 6.85. The minimum absolute atomic E-state index is 0.177. The Kier molecular flexibility index (Phi) is 3.52. The first-order valence-corrected chi connectivity index (χ1v) is 3.94. The van der Waals surface area contributed by atoms with Crippen molar-refractivity contribution in [3.05, 3.63) is 12.8 Å². The molecule has 0 amide bonds. The van der Waals surface area contributed by atoms with Crippen LogP contribution < -0.4 is 0 Å². The van der Waals surface area contributed by atoms with Crippen molar-refractivity contribution in [2.45, 2.75) is 24.7 Å². The Balaban J connectivity index is 2.29.